The van der Waals surface area contributed by atoms with Gasteiger partial charge in [0, 0.05) is 126 Å². The Hall–Kier alpha value is -14.3. The minimum absolute atomic E-state index is 0.0250. The fourth-order valence-corrected chi connectivity index (χ4v) is 17.8. The maximum absolute atomic E-state index is 15.8. The van der Waals surface area contributed by atoms with Gasteiger partial charge in [0.1, 0.15) is 48.5 Å². The minimum Gasteiger partial charge on any atom is -0.508 e. The summed E-state index contributed by atoms with van der Waals surface area (Å²) in [7, 11) is -1.77. The second-order valence-corrected chi connectivity index (χ2v) is 34.3. The number of carbonyl (C=O) groups excluding carboxylic acids is 13. The molecule has 4 aromatic rings. The fourth-order valence-electron chi connectivity index (χ4n) is 17.8. The summed E-state index contributed by atoms with van der Waals surface area (Å²) in [6.45, 7) is -2.04. The minimum atomic E-state index is -1.77. The number of nitrogens with two attached hydrogens (primary N) is 7. The molecule has 0 aliphatic carbocycles. The van der Waals surface area contributed by atoms with Gasteiger partial charge in [-0.2, -0.15) is 4.98 Å². The number of amides is 13. The van der Waals surface area contributed by atoms with Gasteiger partial charge in [-0.05, 0) is 119 Å². The molecule has 9 heterocycles. The Morgan fingerprint density at radius 2 is 0.963 bits per heavy atom. The predicted octanol–water partition coefficient (Wildman–Crippen LogP) is -14.4. The van der Waals surface area contributed by atoms with Crippen LogP contribution in [0.4, 0.5) is 5.95 Å². The molecule has 7 saturated heterocycles. The summed E-state index contributed by atoms with van der Waals surface area (Å²) in [5.41, 5.74) is 40.0. The van der Waals surface area contributed by atoms with E-state index in [4.69, 9.17) is 67.2 Å². The number of rotatable bonds is 41. The van der Waals surface area contributed by atoms with Crippen LogP contribution in [0.1, 0.15) is 99.4 Å². The van der Waals surface area contributed by atoms with Crippen molar-refractivity contribution in [2.45, 2.75) is 199 Å². The lowest BCUT2D eigenvalue weighted by Gasteiger charge is -2.31. The van der Waals surface area contributed by atoms with Crippen LogP contribution < -0.4 is 142 Å². The van der Waals surface area contributed by atoms with Crippen molar-refractivity contribution in [1.82, 2.24) is 130 Å². The first-order valence-electron chi connectivity index (χ1n) is 44.0. The van der Waals surface area contributed by atoms with Crippen LogP contribution in [-0.4, -0.2) is 349 Å². The van der Waals surface area contributed by atoms with Crippen LogP contribution in [0, 0.1) is 27.0 Å². The Bertz CT molecular complexity index is 5090. The van der Waals surface area contributed by atoms with Gasteiger partial charge in [-0.15, -0.1) is 0 Å². The van der Waals surface area contributed by atoms with Gasteiger partial charge in [0.25, 0.3) is 11.5 Å². The molecule has 726 valence electrons. The van der Waals surface area contributed by atoms with Crippen molar-refractivity contribution in [2.75, 3.05) is 84.3 Å². The number of aromatic hydroxyl groups is 1. The maximum Gasteiger partial charge on any atom is 0.488 e. The van der Waals surface area contributed by atoms with Crippen molar-refractivity contribution in [3.8, 4) is 5.75 Å². The number of guanidine groups is 5. The standard InChI is InChI=1S/C79H120BN37O17/c81-61(121)50(19-37-7-13-47(118)14-8-37)110-64(123)48(5-1-3-15-93-63(122)38-9-11-39(12-10-38)80(133)134)108-58(119)34-113(59(120)35-114-36-100-60-62(114)111-79(92)112-70(60)129)18-17-95-68(127)56-25-44(105-76(86)87)31-115(56)71(130)49(109-69(128)57-26-46(107-78(90)91)33-117(57)73(132)54-23-41(28-99-54)102-66(125)52-21-43(30-97-52)104-75(84)85)6-2-4-16-94-67(126)55-24-45(106-77(88)89)32-116(55)72(131)53-22-40(27-98-53)101-65(124)51-20-42(29-96-51)103-74(82)83/h7-14,36,40-46,48-57,96-99,118,133-134H,1-6,15-35H2,(H2,81,121)(H,93,122)(H,94,126)(H,95,127)(H,101,124)(H,102,125)(H,108,119)(H,109,128)(H,110,123)(H4,82,83,103)(H4,84,85,104)(H4,86,87,105)(H4,88,89,106)(H4,90,91,107)(H3,92,111,112,129)/t40-,41-,42-,43-,44-,45-,46-,48+,49+,50+,51+,52+,53-,54-,55+,56+,57+/m1/s1. The Labute approximate surface area is 767 Å². The summed E-state index contributed by atoms with van der Waals surface area (Å²) in [6, 6.07) is -4.16. The fraction of sp³-hybridized carbons (Fsp3) is 0.557. The van der Waals surface area contributed by atoms with E-state index in [1.165, 1.54) is 62.9 Å². The third kappa shape index (κ3) is 27.7. The van der Waals surface area contributed by atoms with E-state index in [9.17, 15) is 67.9 Å². The van der Waals surface area contributed by atoms with Crippen molar-refractivity contribution >= 4 is 136 Å². The SMILES string of the molecule is N=C(N)N[C@@H]1C[C@@H](C(=O)NCCN(CC(=O)N[C@@H](CCCCNC(=O)c2ccc(B(O)O)cc2)C(=O)N[C@@H](Cc2ccc(O)cc2)C(N)=O)C(=O)Cn2cnc3c(=O)[nH]c(N)nc32)N(C(=O)[C@H](CCCCNC(=O)[C@@H]2C[C@@H](NC(=N)N)CN2C(=O)[C@H]2C[C@@H](NC(=O)[C@@H]3C[C@@H](NC(=N)N)CN3)CN2)NC(=O)[C@@H]2C[C@@H](NC(=N)N)CN2C(=O)[C@H]2C[C@@H](NC(=O)[C@@H]3C[C@@H](NC(=N)N)CN3)CN2)C1. The van der Waals surface area contributed by atoms with Gasteiger partial charge in [-0.3, -0.25) is 99.2 Å². The number of aromatic nitrogens is 4. The molecule has 7 aliphatic rings. The third-order valence-corrected chi connectivity index (χ3v) is 24.3. The van der Waals surface area contributed by atoms with Crippen LogP contribution in [0.15, 0.2) is 59.7 Å². The van der Waals surface area contributed by atoms with E-state index in [0.29, 0.717) is 31.5 Å². The molecule has 40 N–H and O–H groups in total. The van der Waals surface area contributed by atoms with Crippen LogP contribution in [0.5, 0.6) is 5.75 Å². The number of unbranched alkanes of at least 4 members (excludes halogenated alkanes) is 2. The lowest BCUT2D eigenvalue weighted by Crippen LogP contribution is -2.57. The van der Waals surface area contributed by atoms with Gasteiger partial charge in [-0.25, -0.2) is 4.98 Å². The lowest BCUT2D eigenvalue weighted by molar-refractivity contribution is -0.144. The number of hydrogen-bond donors (Lipinski definition) is 33. The number of anilines is 1. The highest BCUT2D eigenvalue weighted by Crippen LogP contribution is 2.28. The number of hydrogen-bond acceptors (Lipinski definition) is 29. The third-order valence-electron chi connectivity index (χ3n) is 24.3. The maximum atomic E-state index is 15.8. The summed E-state index contributed by atoms with van der Waals surface area (Å²) in [6.07, 6.45) is 1.59. The van der Waals surface area contributed by atoms with Gasteiger partial charge in [0.05, 0.1) is 37.0 Å². The first-order valence-corrected chi connectivity index (χ1v) is 44.0. The topological polar surface area (TPSA) is 865 Å². The molecule has 0 radical (unpaired) electrons. The number of carbonyl (C=O) groups is 13. The van der Waals surface area contributed by atoms with E-state index < -0.39 is 212 Å². The summed E-state index contributed by atoms with van der Waals surface area (Å²) in [5.74, 6) is -11.5. The first-order chi connectivity index (χ1) is 63.8. The molecule has 0 unspecified atom stereocenters. The number of phenols is 1. The highest BCUT2D eigenvalue weighted by atomic mass is 16.4. The molecule has 0 saturated carbocycles. The van der Waals surface area contributed by atoms with E-state index in [1.807, 2.05) is 0 Å². The van der Waals surface area contributed by atoms with E-state index in [0.717, 1.165) is 16.1 Å². The predicted molar refractivity (Wildman–Crippen MR) is 482 cm³/mol. The number of fused-ring (bicyclic) bond motifs is 1. The van der Waals surface area contributed by atoms with Crippen molar-refractivity contribution in [3.63, 3.8) is 0 Å². The zero-order valence-electron chi connectivity index (χ0n) is 73.4. The number of nitrogen functional groups attached to an aromatic ring is 1. The zero-order chi connectivity index (χ0) is 96.9. The molecule has 54 nitrogen and oxygen atoms in total. The Kier molecular flexibility index (Phi) is 34.5. The van der Waals surface area contributed by atoms with Crippen LogP contribution in [-0.2, 0) is 70.5 Å². The number of nitrogens with zero attached hydrogens (tertiary/aromatic N) is 7. The Balaban J connectivity index is 0.812. The van der Waals surface area contributed by atoms with Crippen LogP contribution in [0.25, 0.3) is 11.2 Å². The summed E-state index contributed by atoms with van der Waals surface area (Å²) >= 11 is 0. The first kappa shape index (κ1) is 100. The van der Waals surface area contributed by atoms with E-state index >= 15 is 14.4 Å². The molecule has 11 rings (SSSR count). The molecule has 0 spiro atoms. The van der Waals surface area contributed by atoms with E-state index in [-0.39, 0.29) is 193 Å². The van der Waals surface area contributed by atoms with Gasteiger partial charge in [0.2, 0.25) is 76.8 Å². The summed E-state index contributed by atoms with van der Waals surface area (Å²) in [4.78, 5) is 215. The Morgan fingerprint density at radius 3 is 1.47 bits per heavy atom. The largest absolute Gasteiger partial charge is 0.508 e. The van der Waals surface area contributed by atoms with Crippen molar-refractivity contribution in [2.24, 2.45) is 34.4 Å². The number of likely N-dealkylation sites (tertiary alicyclic amines) is 3. The van der Waals surface area contributed by atoms with Crippen LogP contribution in [0.2, 0.25) is 0 Å². The number of benzene rings is 2. The van der Waals surface area contributed by atoms with Gasteiger partial charge >= 0.3 is 7.12 Å². The van der Waals surface area contributed by atoms with Crippen LogP contribution >= 0.6 is 0 Å². The summed E-state index contributed by atoms with van der Waals surface area (Å²) < 4.78 is 1.17. The normalized spacial score (nSPS) is 23.5. The van der Waals surface area contributed by atoms with E-state index in [1.54, 1.807) is 0 Å². The molecule has 134 heavy (non-hydrogen) atoms. The van der Waals surface area contributed by atoms with Gasteiger partial charge in [-0.1, -0.05) is 24.3 Å². The molecular formula is C79H120BN37O17. The molecule has 55 heteroatoms. The highest BCUT2D eigenvalue weighted by molar-refractivity contribution is 6.58. The van der Waals surface area contributed by atoms with Gasteiger partial charge in [0.15, 0.2) is 41.0 Å². The second-order valence-electron chi connectivity index (χ2n) is 34.3. The molecule has 0 bridgehead atoms. The highest BCUT2D eigenvalue weighted by Gasteiger charge is 2.49. The number of nitrogens with one attached hydrogen (secondary N) is 23. The van der Waals surface area contributed by atoms with Gasteiger partial charge < -0.3 is 170 Å². The number of H-pyrrole nitrogens is 1. The lowest BCUT2D eigenvalue weighted by atomic mass is 9.80. The molecule has 2 aromatic carbocycles. The summed E-state index contributed by atoms with van der Waals surface area (Å²) in [5, 5.41) is 117. The van der Waals surface area contributed by atoms with Crippen molar-refractivity contribution in [1.29, 1.82) is 27.0 Å². The van der Waals surface area contributed by atoms with Crippen molar-refractivity contribution in [3.05, 3.63) is 76.3 Å². The number of phenolic OH excluding ortho intramolecular Hbond substituents is 1. The van der Waals surface area contributed by atoms with Crippen LogP contribution in [0.3, 0.4) is 0 Å². The number of imidazole rings is 1. The smallest absolute Gasteiger partial charge is 0.488 e. The number of primary amides is 1. The molecule has 7 aliphatic heterocycles. The average Bonchev–Trinajstić information content (AvgIpc) is 1.66. The van der Waals surface area contributed by atoms with Crippen molar-refractivity contribution < 1.29 is 77.5 Å². The molecule has 2 aromatic heterocycles. The average molecular weight is 1870 g/mol. The number of aromatic amines is 1. The molecule has 13 amide bonds. The monoisotopic (exact) mass is 1870 g/mol. The van der Waals surface area contributed by atoms with E-state index in [2.05, 4.69) is 105 Å². The molecule has 17 atom stereocenters. The molecular weight excluding hydrogens is 1750 g/mol. The second kappa shape index (κ2) is 46.2. The Morgan fingerprint density at radius 1 is 0.507 bits per heavy atom. The molecule has 7 fully saturated rings. The quantitative estimate of drug-likeness (QED) is 0.00849. The zero-order valence-corrected chi connectivity index (χ0v) is 73.4.